The van der Waals surface area contributed by atoms with Crippen molar-refractivity contribution in [1.82, 2.24) is 5.32 Å². The summed E-state index contributed by atoms with van der Waals surface area (Å²) in [6, 6.07) is 10.6. The van der Waals surface area contributed by atoms with Gasteiger partial charge in [-0.05, 0) is 49.2 Å². The van der Waals surface area contributed by atoms with Crippen LogP contribution in [0.3, 0.4) is 0 Å². The summed E-state index contributed by atoms with van der Waals surface area (Å²) < 4.78 is 24.3. The molecule has 0 fully saturated rings. The van der Waals surface area contributed by atoms with E-state index in [0.29, 0.717) is 48.2 Å². The van der Waals surface area contributed by atoms with Crippen LogP contribution in [0.4, 0.5) is 4.39 Å². The summed E-state index contributed by atoms with van der Waals surface area (Å²) >= 11 is 6.24. The van der Waals surface area contributed by atoms with Crippen LogP contribution in [0.2, 0.25) is 5.02 Å². The SMILES string of the molecule is CCOc1c(Cl)cc(CNCCc2ccccc2F)cc1OC.Cl. The van der Waals surface area contributed by atoms with E-state index in [4.69, 9.17) is 21.1 Å². The van der Waals surface area contributed by atoms with Gasteiger partial charge in [-0.2, -0.15) is 0 Å². The van der Waals surface area contributed by atoms with E-state index in [2.05, 4.69) is 5.32 Å². The third-order valence-electron chi connectivity index (χ3n) is 3.44. The predicted molar refractivity (Wildman–Crippen MR) is 98.2 cm³/mol. The molecule has 0 unspecified atom stereocenters. The van der Waals surface area contributed by atoms with Crippen LogP contribution >= 0.6 is 24.0 Å². The molecular weight excluding hydrogens is 352 g/mol. The Kier molecular flexibility index (Phi) is 8.90. The standard InChI is InChI=1S/C18H21ClFNO2.ClH/c1-3-23-18-15(19)10-13(11-17(18)22-2)12-21-9-8-14-6-4-5-7-16(14)20;/h4-7,10-11,21H,3,8-9,12H2,1-2H3;1H. The molecule has 0 atom stereocenters. The van der Waals surface area contributed by atoms with Gasteiger partial charge in [-0.1, -0.05) is 29.8 Å². The van der Waals surface area contributed by atoms with Crippen molar-refractivity contribution in [1.29, 1.82) is 0 Å². The summed E-state index contributed by atoms with van der Waals surface area (Å²) in [5, 5.41) is 3.81. The van der Waals surface area contributed by atoms with E-state index in [1.807, 2.05) is 25.1 Å². The molecule has 0 bridgehead atoms. The Morgan fingerprint density at radius 3 is 2.62 bits per heavy atom. The van der Waals surface area contributed by atoms with Gasteiger partial charge in [0.25, 0.3) is 0 Å². The Hall–Kier alpha value is -1.49. The second-order valence-electron chi connectivity index (χ2n) is 5.06. The summed E-state index contributed by atoms with van der Waals surface area (Å²) in [5.41, 5.74) is 1.70. The molecule has 0 aromatic heterocycles. The van der Waals surface area contributed by atoms with Gasteiger partial charge < -0.3 is 14.8 Å². The normalized spacial score (nSPS) is 10.2. The third-order valence-corrected chi connectivity index (χ3v) is 3.72. The van der Waals surface area contributed by atoms with Crippen molar-refractivity contribution in [2.75, 3.05) is 20.3 Å². The minimum absolute atomic E-state index is 0. The van der Waals surface area contributed by atoms with E-state index in [9.17, 15) is 4.39 Å². The first-order chi connectivity index (χ1) is 11.2. The lowest BCUT2D eigenvalue weighted by molar-refractivity contribution is 0.311. The molecule has 0 aliphatic heterocycles. The lowest BCUT2D eigenvalue weighted by Crippen LogP contribution is -2.17. The monoisotopic (exact) mass is 373 g/mol. The Labute approximate surface area is 153 Å². The molecule has 24 heavy (non-hydrogen) atoms. The van der Waals surface area contributed by atoms with Gasteiger partial charge in [0, 0.05) is 6.54 Å². The van der Waals surface area contributed by atoms with Crippen molar-refractivity contribution in [3.63, 3.8) is 0 Å². The van der Waals surface area contributed by atoms with Crippen molar-refractivity contribution >= 4 is 24.0 Å². The number of rotatable bonds is 8. The maximum Gasteiger partial charge on any atom is 0.179 e. The minimum atomic E-state index is -0.167. The lowest BCUT2D eigenvalue weighted by atomic mass is 10.1. The Morgan fingerprint density at radius 2 is 1.96 bits per heavy atom. The first kappa shape index (κ1) is 20.6. The average Bonchev–Trinajstić information content (AvgIpc) is 2.55. The number of benzene rings is 2. The minimum Gasteiger partial charge on any atom is -0.493 e. The summed E-state index contributed by atoms with van der Waals surface area (Å²) in [5.74, 6) is 1.01. The summed E-state index contributed by atoms with van der Waals surface area (Å²) in [6.45, 7) is 3.72. The summed E-state index contributed by atoms with van der Waals surface area (Å²) in [6.07, 6.45) is 0.634. The Morgan fingerprint density at radius 1 is 1.21 bits per heavy atom. The molecule has 0 aliphatic carbocycles. The summed E-state index contributed by atoms with van der Waals surface area (Å²) in [7, 11) is 1.59. The van der Waals surface area contributed by atoms with E-state index in [1.54, 1.807) is 19.2 Å². The van der Waals surface area contributed by atoms with Crippen LogP contribution in [-0.2, 0) is 13.0 Å². The van der Waals surface area contributed by atoms with Crippen LogP contribution in [0.25, 0.3) is 0 Å². The highest BCUT2D eigenvalue weighted by Gasteiger charge is 2.11. The van der Waals surface area contributed by atoms with Crippen molar-refractivity contribution < 1.29 is 13.9 Å². The zero-order valence-corrected chi connectivity index (χ0v) is 15.3. The number of halogens is 3. The van der Waals surface area contributed by atoms with Crippen molar-refractivity contribution in [3.05, 3.63) is 58.4 Å². The first-order valence-corrected chi connectivity index (χ1v) is 7.96. The number of hydrogen-bond acceptors (Lipinski definition) is 3. The number of methoxy groups -OCH3 is 1. The van der Waals surface area contributed by atoms with Gasteiger partial charge in [0.15, 0.2) is 11.5 Å². The van der Waals surface area contributed by atoms with Crippen LogP contribution in [-0.4, -0.2) is 20.3 Å². The van der Waals surface area contributed by atoms with Crippen molar-refractivity contribution in [2.45, 2.75) is 19.9 Å². The fourth-order valence-corrected chi connectivity index (χ4v) is 2.60. The predicted octanol–water partition coefficient (Wildman–Crippen LogP) is 4.64. The maximum absolute atomic E-state index is 13.5. The van der Waals surface area contributed by atoms with Gasteiger partial charge in [0.1, 0.15) is 5.82 Å². The first-order valence-electron chi connectivity index (χ1n) is 7.59. The molecule has 0 heterocycles. The molecule has 2 aromatic rings. The van der Waals surface area contributed by atoms with Gasteiger partial charge in [0.05, 0.1) is 18.7 Å². The molecule has 2 rings (SSSR count). The highest BCUT2D eigenvalue weighted by atomic mass is 35.5. The van der Waals surface area contributed by atoms with Crippen LogP contribution in [0, 0.1) is 5.82 Å². The maximum atomic E-state index is 13.5. The molecule has 0 aliphatic rings. The third kappa shape index (κ3) is 5.55. The molecule has 6 heteroatoms. The molecule has 2 aromatic carbocycles. The number of nitrogens with one attached hydrogen (secondary N) is 1. The molecule has 0 amide bonds. The van der Waals surface area contributed by atoms with E-state index < -0.39 is 0 Å². The topological polar surface area (TPSA) is 30.5 Å². The van der Waals surface area contributed by atoms with Crippen LogP contribution in [0.15, 0.2) is 36.4 Å². The van der Waals surface area contributed by atoms with Crippen molar-refractivity contribution in [2.24, 2.45) is 0 Å². The number of hydrogen-bond donors (Lipinski definition) is 1. The highest BCUT2D eigenvalue weighted by Crippen LogP contribution is 2.36. The molecule has 0 spiro atoms. The Balaban J connectivity index is 0.00000288. The fourth-order valence-electron chi connectivity index (χ4n) is 2.32. The summed E-state index contributed by atoms with van der Waals surface area (Å²) in [4.78, 5) is 0. The largest absolute Gasteiger partial charge is 0.493 e. The van der Waals surface area contributed by atoms with Crippen molar-refractivity contribution in [3.8, 4) is 11.5 Å². The molecule has 0 radical (unpaired) electrons. The zero-order chi connectivity index (χ0) is 16.7. The van der Waals surface area contributed by atoms with Gasteiger partial charge in [0.2, 0.25) is 0 Å². The van der Waals surface area contributed by atoms with Gasteiger partial charge >= 0.3 is 0 Å². The van der Waals surface area contributed by atoms with E-state index in [-0.39, 0.29) is 18.2 Å². The lowest BCUT2D eigenvalue weighted by Gasteiger charge is -2.13. The average molecular weight is 374 g/mol. The highest BCUT2D eigenvalue weighted by molar-refractivity contribution is 6.32. The van der Waals surface area contributed by atoms with Crippen LogP contribution in [0.5, 0.6) is 11.5 Å². The molecule has 0 saturated heterocycles. The smallest absolute Gasteiger partial charge is 0.179 e. The second kappa shape index (κ2) is 10.4. The molecule has 1 N–H and O–H groups in total. The Bertz CT molecular complexity index is 653. The molecule has 3 nitrogen and oxygen atoms in total. The quantitative estimate of drug-likeness (QED) is 0.683. The van der Waals surface area contributed by atoms with E-state index in [0.717, 1.165) is 5.56 Å². The fraction of sp³-hybridized carbons (Fsp3) is 0.333. The zero-order valence-electron chi connectivity index (χ0n) is 13.8. The number of ether oxygens (including phenoxy) is 2. The van der Waals surface area contributed by atoms with Crippen LogP contribution < -0.4 is 14.8 Å². The molecular formula is C18H22Cl2FNO2. The van der Waals surface area contributed by atoms with Gasteiger partial charge in [-0.25, -0.2) is 4.39 Å². The van der Waals surface area contributed by atoms with E-state index in [1.165, 1.54) is 6.07 Å². The van der Waals surface area contributed by atoms with Crippen LogP contribution in [0.1, 0.15) is 18.1 Å². The van der Waals surface area contributed by atoms with Gasteiger partial charge in [-0.15, -0.1) is 12.4 Å². The van der Waals surface area contributed by atoms with E-state index >= 15 is 0 Å². The second-order valence-corrected chi connectivity index (χ2v) is 5.47. The molecule has 132 valence electrons. The molecule has 0 saturated carbocycles. The van der Waals surface area contributed by atoms with Gasteiger partial charge in [-0.3, -0.25) is 0 Å².